The van der Waals surface area contributed by atoms with Gasteiger partial charge in [-0.05, 0) is 31.5 Å². The topological polar surface area (TPSA) is 48.3 Å². The van der Waals surface area contributed by atoms with Gasteiger partial charge in [0.15, 0.2) is 0 Å². The summed E-state index contributed by atoms with van der Waals surface area (Å²) in [6, 6.07) is 4.14. The lowest BCUT2D eigenvalue weighted by Gasteiger charge is -2.12. The summed E-state index contributed by atoms with van der Waals surface area (Å²) in [5, 5.41) is 7.75. The molecule has 1 atom stereocenters. The number of hydrogen-bond donors (Lipinski definition) is 1. The Labute approximate surface area is 131 Å². The fraction of sp³-hybridized carbons (Fsp3) is 0.471. The molecular weight excluding hydrogens is 278 g/mol. The molecule has 0 spiro atoms. The molecule has 0 saturated heterocycles. The first-order valence-corrected chi connectivity index (χ1v) is 7.72. The number of rotatable bonds is 6. The molecule has 2 aromatic rings. The smallest absolute Gasteiger partial charge is 0.127 e. The van der Waals surface area contributed by atoms with Crippen LogP contribution in [-0.4, -0.2) is 29.5 Å². The Morgan fingerprint density at radius 1 is 1.45 bits per heavy atom. The van der Waals surface area contributed by atoms with Crippen LogP contribution in [-0.2, 0) is 19.5 Å². The standard InChI is InChI=1S/C17H23N3O2/c1-12-9-19-20(11-12)5-4-18-10-15-8-16(21-3)7-14-6-13(2)22-17(14)15/h7-9,11,13,18H,4-6,10H2,1-3H3/t13-/m0/s1. The van der Waals surface area contributed by atoms with Gasteiger partial charge in [-0.1, -0.05) is 0 Å². The van der Waals surface area contributed by atoms with E-state index in [1.807, 2.05) is 10.9 Å². The van der Waals surface area contributed by atoms with Crippen molar-refractivity contribution in [2.45, 2.75) is 39.5 Å². The highest BCUT2D eigenvalue weighted by atomic mass is 16.5. The summed E-state index contributed by atoms with van der Waals surface area (Å²) in [4.78, 5) is 0. The molecule has 1 aliphatic rings. The van der Waals surface area contributed by atoms with Crippen molar-refractivity contribution in [3.05, 3.63) is 41.2 Å². The monoisotopic (exact) mass is 301 g/mol. The zero-order valence-corrected chi connectivity index (χ0v) is 13.4. The van der Waals surface area contributed by atoms with Crippen LogP contribution in [0.25, 0.3) is 0 Å². The molecule has 1 aromatic carbocycles. The van der Waals surface area contributed by atoms with Crippen LogP contribution in [0.5, 0.6) is 11.5 Å². The molecule has 0 saturated carbocycles. The van der Waals surface area contributed by atoms with Gasteiger partial charge < -0.3 is 14.8 Å². The van der Waals surface area contributed by atoms with Crippen LogP contribution in [0, 0.1) is 6.92 Å². The van der Waals surface area contributed by atoms with Gasteiger partial charge in [0.05, 0.1) is 19.9 Å². The molecular formula is C17H23N3O2. The summed E-state index contributed by atoms with van der Waals surface area (Å²) in [5.74, 6) is 1.92. The van der Waals surface area contributed by atoms with Crippen molar-refractivity contribution in [2.75, 3.05) is 13.7 Å². The lowest BCUT2D eigenvalue weighted by molar-refractivity contribution is 0.252. The third-order valence-electron chi connectivity index (χ3n) is 3.87. The van der Waals surface area contributed by atoms with Gasteiger partial charge in [0.2, 0.25) is 0 Å². The molecule has 0 bridgehead atoms. The number of methoxy groups -OCH3 is 1. The highest BCUT2D eigenvalue weighted by Gasteiger charge is 2.23. The van der Waals surface area contributed by atoms with E-state index in [4.69, 9.17) is 9.47 Å². The number of nitrogens with one attached hydrogen (secondary N) is 1. The van der Waals surface area contributed by atoms with Gasteiger partial charge in [-0.25, -0.2) is 0 Å². The van der Waals surface area contributed by atoms with Crippen molar-refractivity contribution >= 4 is 0 Å². The van der Waals surface area contributed by atoms with Crippen molar-refractivity contribution in [2.24, 2.45) is 0 Å². The maximum Gasteiger partial charge on any atom is 0.127 e. The molecule has 0 aliphatic carbocycles. The highest BCUT2D eigenvalue weighted by Crippen LogP contribution is 2.36. The van der Waals surface area contributed by atoms with Gasteiger partial charge in [0.25, 0.3) is 0 Å². The lowest BCUT2D eigenvalue weighted by Crippen LogP contribution is -2.20. The third-order valence-corrected chi connectivity index (χ3v) is 3.87. The highest BCUT2D eigenvalue weighted by molar-refractivity contribution is 5.49. The maximum atomic E-state index is 5.94. The number of ether oxygens (including phenoxy) is 2. The number of fused-ring (bicyclic) bond motifs is 1. The van der Waals surface area contributed by atoms with Crippen LogP contribution in [0.3, 0.4) is 0 Å². The summed E-state index contributed by atoms with van der Waals surface area (Å²) >= 11 is 0. The molecule has 0 radical (unpaired) electrons. The van der Waals surface area contributed by atoms with Crippen molar-refractivity contribution in [1.82, 2.24) is 15.1 Å². The quantitative estimate of drug-likeness (QED) is 0.832. The summed E-state index contributed by atoms with van der Waals surface area (Å²) < 4.78 is 13.3. The SMILES string of the molecule is COc1cc(CNCCn2cc(C)cn2)c2c(c1)C[C@H](C)O2. The minimum atomic E-state index is 0.243. The number of hydrogen-bond acceptors (Lipinski definition) is 4. The van der Waals surface area contributed by atoms with E-state index in [2.05, 4.69) is 42.6 Å². The molecule has 2 heterocycles. The van der Waals surface area contributed by atoms with Crippen LogP contribution in [0.4, 0.5) is 0 Å². The number of aromatic nitrogens is 2. The molecule has 1 aromatic heterocycles. The molecule has 0 unspecified atom stereocenters. The predicted molar refractivity (Wildman–Crippen MR) is 85.5 cm³/mol. The van der Waals surface area contributed by atoms with E-state index < -0.39 is 0 Å². The number of aryl methyl sites for hydroxylation is 1. The van der Waals surface area contributed by atoms with Crippen LogP contribution < -0.4 is 14.8 Å². The molecule has 5 heteroatoms. The van der Waals surface area contributed by atoms with E-state index in [0.29, 0.717) is 0 Å². The van der Waals surface area contributed by atoms with Crippen molar-refractivity contribution in [1.29, 1.82) is 0 Å². The molecule has 0 fully saturated rings. The van der Waals surface area contributed by atoms with Gasteiger partial charge in [0.1, 0.15) is 17.6 Å². The van der Waals surface area contributed by atoms with E-state index in [0.717, 1.165) is 43.1 Å². The first-order valence-electron chi connectivity index (χ1n) is 7.72. The minimum absolute atomic E-state index is 0.243. The Hall–Kier alpha value is -2.01. The van der Waals surface area contributed by atoms with E-state index >= 15 is 0 Å². The predicted octanol–water partition coefficient (Wildman–Crippen LogP) is 2.31. The second kappa shape index (κ2) is 6.40. The molecule has 22 heavy (non-hydrogen) atoms. The summed E-state index contributed by atoms with van der Waals surface area (Å²) in [6.45, 7) is 6.64. The molecule has 3 rings (SSSR count). The zero-order valence-electron chi connectivity index (χ0n) is 13.4. The van der Waals surface area contributed by atoms with E-state index in [1.165, 1.54) is 11.1 Å². The first-order chi connectivity index (χ1) is 10.7. The fourth-order valence-corrected chi connectivity index (χ4v) is 2.83. The fourth-order valence-electron chi connectivity index (χ4n) is 2.83. The number of nitrogens with zero attached hydrogens (tertiary/aromatic N) is 2. The van der Waals surface area contributed by atoms with Gasteiger partial charge in [-0.2, -0.15) is 5.10 Å². The average molecular weight is 301 g/mol. The van der Waals surface area contributed by atoms with E-state index in [-0.39, 0.29) is 6.10 Å². The van der Waals surface area contributed by atoms with Crippen LogP contribution in [0.1, 0.15) is 23.6 Å². The van der Waals surface area contributed by atoms with E-state index in [9.17, 15) is 0 Å². The zero-order chi connectivity index (χ0) is 15.5. The van der Waals surface area contributed by atoms with Crippen molar-refractivity contribution in [3.63, 3.8) is 0 Å². The Balaban J connectivity index is 1.61. The normalized spacial score (nSPS) is 16.4. The Kier molecular flexibility index (Phi) is 4.34. The second-order valence-corrected chi connectivity index (χ2v) is 5.86. The van der Waals surface area contributed by atoms with E-state index in [1.54, 1.807) is 7.11 Å². The second-order valence-electron chi connectivity index (χ2n) is 5.86. The van der Waals surface area contributed by atoms with Crippen molar-refractivity contribution < 1.29 is 9.47 Å². The Bertz CT molecular complexity index is 651. The van der Waals surface area contributed by atoms with Crippen LogP contribution >= 0.6 is 0 Å². The molecule has 1 N–H and O–H groups in total. The van der Waals surface area contributed by atoms with Crippen molar-refractivity contribution in [3.8, 4) is 11.5 Å². The average Bonchev–Trinajstić information content (AvgIpc) is 3.08. The van der Waals surface area contributed by atoms with Gasteiger partial charge in [0, 0.05) is 36.8 Å². The minimum Gasteiger partial charge on any atom is -0.497 e. The summed E-state index contributed by atoms with van der Waals surface area (Å²) in [5.41, 5.74) is 3.59. The lowest BCUT2D eigenvalue weighted by atomic mass is 10.1. The molecule has 118 valence electrons. The summed E-state index contributed by atoms with van der Waals surface area (Å²) in [7, 11) is 1.71. The van der Waals surface area contributed by atoms with Gasteiger partial charge >= 0.3 is 0 Å². The van der Waals surface area contributed by atoms with Crippen LogP contribution in [0.15, 0.2) is 24.5 Å². The third kappa shape index (κ3) is 3.25. The molecule has 5 nitrogen and oxygen atoms in total. The largest absolute Gasteiger partial charge is 0.497 e. The maximum absolute atomic E-state index is 5.94. The van der Waals surface area contributed by atoms with Crippen LogP contribution in [0.2, 0.25) is 0 Å². The summed E-state index contributed by atoms with van der Waals surface area (Å²) in [6.07, 6.45) is 5.12. The molecule has 0 amide bonds. The number of benzene rings is 1. The molecule has 1 aliphatic heterocycles. The first kappa shape index (κ1) is 14.9. The Morgan fingerprint density at radius 3 is 3.05 bits per heavy atom. The van der Waals surface area contributed by atoms with Gasteiger partial charge in [-0.15, -0.1) is 0 Å². The van der Waals surface area contributed by atoms with Gasteiger partial charge in [-0.3, -0.25) is 4.68 Å². The Morgan fingerprint density at radius 2 is 2.32 bits per heavy atom.